The summed E-state index contributed by atoms with van der Waals surface area (Å²) in [6, 6.07) is 11.0. The number of amides is 2. The van der Waals surface area contributed by atoms with E-state index in [1.165, 1.54) is 5.56 Å². The van der Waals surface area contributed by atoms with Crippen LogP contribution in [0.5, 0.6) is 17.2 Å². The summed E-state index contributed by atoms with van der Waals surface area (Å²) in [6.45, 7) is 5.39. The molecule has 1 heterocycles. The topological polar surface area (TPSA) is 71.0 Å². The summed E-state index contributed by atoms with van der Waals surface area (Å²) in [5.74, 6) is 2.08. The van der Waals surface area contributed by atoms with Crippen LogP contribution in [-0.4, -0.2) is 43.3 Å². The molecule has 1 aliphatic rings. The number of benzene rings is 2. The Kier molecular flexibility index (Phi) is 6.52. The van der Waals surface area contributed by atoms with Gasteiger partial charge in [0, 0.05) is 18.7 Å². The van der Waals surface area contributed by atoms with Crippen molar-refractivity contribution < 1.29 is 19.4 Å². The summed E-state index contributed by atoms with van der Waals surface area (Å²) in [7, 11) is 3.24. The molecule has 1 atom stereocenters. The predicted molar refractivity (Wildman–Crippen MR) is 113 cm³/mol. The molecule has 2 aromatic rings. The summed E-state index contributed by atoms with van der Waals surface area (Å²) in [6.07, 6.45) is 1.84. The molecule has 0 aromatic heterocycles. The number of urea groups is 1. The number of likely N-dealkylation sites (tertiary alicyclic amines) is 1. The molecule has 2 N–H and O–H groups in total. The maximum Gasteiger partial charge on any atom is 0.317 e. The van der Waals surface area contributed by atoms with E-state index in [-0.39, 0.29) is 17.8 Å². The van der Waals surface area contributed by atoms with Gasteiger partial charge in [-0.15, -0.1) is 0 Å². The van der Waals surface area contributed by atoms with Crippen molar-refractivity contribution in [1.82, 2.24) is 10.2 Å². The molecular formula is C23H30N2O4. The summed E-state index contributed by atoms with van der Waals surface area (Å²) < 4.78 is 10.8. The van der Waals surface area contributed by atoms with Crippen LogP contribution in [0.4, 0.5) is 4.79 Å². The fraction of sp³-hybridized carbons (Fsp3) is 0.435. The molecule has 0 saturated carbocycles. The molecule has 6 heteroatoms. The molecule has 0 radical (unpaired) electrons. The number of aromatic hydroxyl groups is 1. The Bertz CT molecular complexity index is 843. The van der Waals surface area contributed by atoms with E-state index in [0.717, 1.165) is 37.1 Å². The summed E-state index contributed by atoms with van der Waals surface area (Å²) in [5.41, 5.74) is 3.19. The van der Waals surface area contributed by atoms with E-state index in [0.29, 0.717) is 17.4 Å². The second-order valence-electron chi connectivity index (χ2n) is 7.54. The Balaban J connectivity index is 1.60. The van der Waals surface area contributed by atoms with Crippen molar-refractivity contribution >= 4 is 6.03 Å². The van der Waals surface area contributed by atoms with E-state index in [1.807, 2.05) is 43.0 Å². The van der Waals surface area contributed by atoms with E-state index < -0.39 is 0 Å². The van der Waals surface area contributed by atoms with Gasteiger partial charge in [-0.3, -0.25) is 0 Å². The molecule has 156 valence electrons. The van der Waals surface area contributed by atoms with Crippen LogP contribution >= 0.6 is 0 Å². The lowest BCUT2D eigenvalue weighted by molar-refractivity contribution is 0.178. The first kappa shape index (κ1) is 20.8. The van der Waals surface area contributed by atoms with Gasteiger partial charge < -0.3 is 24.8 Å². The maximum atomic E-state index is 12.8. The van der Waals surface area contributed by atoms with Gasteiger partial charge in [0.15, 0.2) is 11.5 Å². The summed E-state index contributed by atoms with van der Waals surface area (Å²) in [4.78, 5) is 14.7. The second-order valence-corrected chi connectivity index (χ2v) is 7.54. The molecule has 29 heavy (non-hydrogen) atoms. The number of methoxy groups -OCH3 is 2. The van der Waals surface area contributed by atoms with E-state index in [1.54, 1.807) is 26.4 Å². The highest BCUT2D eigenvalue weighted by Gasteiger charge is 2.25. The van der Waals surface area contributed by atoms with Gasteiger partial charge >= 0.3 is 6.03 Å². The largest absolute Gasteiger partial charge is 0.508 e. The maximum absolute atomic E-state index is 12.8. The van der Waals surface area contributed by atoms with Crippen LogP contribution < -0.4 is 14.8 Å². The lowest BCUT2D eigenvalue weighted by atomic mass is 9.89. The SMILES string of the molecule is COc1ccc(C(C)NC(=O)N2CCC(c3ccc(O)cc3)CC2)c(C)c1OC. The molecule has 0 bridgehead atoms. The Labute approximate surface area is 172 Å². The Morgan fingerprint density at radius 1 is 1.10 bits per heavy atom. The summed E-state index contributed by atoms with van der Waals surface area (Å²) >= 11 is 0. The van der Waals surface area contributed by atoms with Crippen molar-refractivity contribution in [2.45, 2.75) is 38.6 Å². The number of piperidine rings is 1. The standard InChI is InChI=1S/C23H30N2O4/c1-15-20(9-10-21(28-3)22(15)29-4)16(2)24-23(27)25-13-11-18(12-14-25)17-5-7-19(26)8-6-17/h5-10,16,18,26H,11-14H2,1-4H3,(H,24,27). The van der Waals surface area contributed by atoms with Crippen molar-refractivity contribution in [3.05, 3.63) is 53.1 Å². The zero-order valence-electron chi connectivity index (χ0n) is 17.6. The average molecular weight is 399 g/mol. The lowest BCUT2D eigenvalue weighted by Crippen LogP contribution is -2.44. The van der Waals surface area contributed by atoms with Gasteiger partial charge in [0.05, 0.1) is 20.3 Å². The molecular weight excluding hydrogens is 368 g/mol. The number of hydrogen-bond donors (Lipinski definition) is 2. The first-order valence-electron chi connectivity index (χ1n) is 10.0. The third-order valence-electron chi connectivity index (χ3n) is 5.79. The monoisotopic (exact) mass is 398 g/mol. The van der Waals surface area contributed by atoms with Crippen LogP contribution in [0.2, 0.25) is 0 Å². The Morgan fingerprint density at radius 3 is 2.34 bits per heavy atom. The molecule has 0 spiro atoms. The zero-order valence-corrected chi connectivity index (χ0v) is 17.6. The highest BCUT2D eigenvalue weighted by Crippen LogP contribution is 2.35. The van der Waals surface area contributed by atoms with Gasteiger partial charge in [-0.25, -0.2) is 4.79 Å². The van der Waals surface area contributed by atoms with Gasteiger partial charge in [0.2, 0.25) is 0 Å². The van der Waals surface area contributed by atoms with Gasteiger partial charge in [-0.1, -0.05) is 18.2 Å². The van der Waals surface area contributed by atoms with Crippen LogP contribution in [0.15, 0.2) is 36.4 Å². The number of phenolic OH excluding ortho intramolecular Hbond substituents is 1. The number of rotatable bonds is 5. The number of carbonyl (C=O) groups is 1. The van der Waals surface area contributed by atoms with Crippen molar-refractivity contribution in [3.8, 4) is 17.2 Å². The van der Waals surface area contributed by atoms with Crippen molar-refractivity contribution in [2.75, 3.05) is 27.3 Å². The molecule has 3 rings (SSSR count). The molecule has 2 amide bonds. The summed E-state index contributed by atoms with van der Waals surface area (Å²) in [5, 5.41) is 12.6. The number of nitrogens with one attached hydrogen (secondary N) is 1. The lowest BCUT2D eigenvalue weighted by Gasteiger charge is -2.33. The number of nitrogens with zero attached hydrogens (tertiary/aromatic N) is 1. The van der Waals surface area contributed by atoms with Crippen LogP contribution in [0.3, 0.4) is 0 Å². The fourth-order valence-electron chi connectivity index (χ4n) is 4.08. The van der Waals surface area contributed by atoms with E-state index in [9.17, 15) is 9.90 Å². The first-order valence-corrected chi connectivity index (χ1v) is 10.0. The van der Waals surface area contributed by atoms with Gasteiger partial charge in [0.1, 0.15) is 5.75 Å². The van der Waals surface area contributed by atoms with Gasteiger partial charge in [-0.2, -0.15) is 0 Å². The Morgan fingerprint density at radius 2 is 1.76 bits per heavy atom. The van der Waals surface area contributed by atoms with Crippen LogP contribution in [0.1, 0.15) is 48.4 Å². The van der Waals surface area contributed by atoms with Crippen molar-refractivity contribution in [2.24, 2.45) is 0 Å². The number of carbonyl (C=O) groups excluding carboxylic acids is 1. The minimum absolute atomic E-state index is 0.0455. The molecule has 2 aromatic carbocycles. The highest BCUT2D eigenvalue weighted by atomic mass is 16.5. The first-order chi connectivity index (χ1) is 13.9. The third kappa shape index (κ3) is 4.58. The van der Waals surface area contributed by atoms with Gasteiger partial charge in [0.25, 0.3) is 0 Å². The molecule has 0 aliphatic carbocycles. The molecule has 1 fully saturated rings. The van der Waals surface area contributed by atoms with E-state index >= 15 is 0 Å². The minimum Gasteiger partial charge on any atom is -0.508 e. The van der Waals surface area contributed by atoms with E-state index in [2.05, 4.69) is 5.32 Å². The third-order valence-corrected chi connectivity index (χ3v) is 5.79. The number of phenols is 1. The zero-order chi connectivity index (χ0) is 21.0. The molecule has 6 nitrogen and oxygen atoms in total. The van der Waals surface area contributed by atoms with Crippen LogP contribution in [0, 0.1) is 6.92 Å². The average Bonchev–Trinajstić information content (AvgIpc) is 2.73. The highest BCUT2D eigenvalue weighted by molar-refractivity contribution is 5.75. The molecule has 1 saturated heterocycles. The number of hydrogen-bond acceptors (Lipinski definition) is 4. The fourth-order valence-corrected chi connectivity index (χ4v) is 4.08. The smallest absolute Gasteiger partial charge is 0.317 e. The van der Waals surface area contributed by atoms with Crippen molar-refractivity contribution in [1.29, 1.82) is 0 Å². The van der Waals surface area contributed by atoms with Crippen LogP contribution in [0.25, 0.3) is 0 Å². The molecule has 1 aliphatic heterocycles. The van der Waals surface area contributed by atoms with Crippen LogP contribution in [-0.2, 0) is 0 Å². The molecule has 1 unspecified atom stereocenters. The van der Waals surface area contributed by atoms with Crippen molar-refractivity contribution in [3.63, 3.8) is 0 Å². The Hall–Kier alpha value is -2.89. The normalized spacial score (nSPS) is 15.7. The number of ether oxygens (including phenoxy) is 2. The second kappa shape index (κ2) is 9.07. The van der Waals surface area contributed by atoms with E-state index in [4.69, 9.17) is 9.47 Å². The predicted octanol–water partition coefficient (Wildman–Crippen LogP) is 4.37. The quantitative estimate of drug-likeness (QED) is 0.785. The minimum atomic E-state index is -0.142. The van der Waals surface area contributed by atoms with Gasteiger partial charge in [-0.05, 0) is 61.9 Å².